The van der Waals surface area contributed by atoms with Crippen LogP contribution in [-0.4, -0.2) is 5.11 Å². The smallest absolute Gasteiger partial charge is 0.126 e. The second-order valence-electron chi connectivity index (χ2n) is 5.21. The fourth-order valence-electron chi connectivity index (χ4n) is 2.88. The Morgan fingerprint density at radius 1 is 1.20 bits per heavy atom. The molecule has 0 spiro atoms. The van der Waals surface area contributed by atoms with Crippen molar-refractivity contribution in [1.29, 1.82) is 0 Å². The molecule has 1 atom stereocenters. The zero-order valence-corrected chi connectivity index (χ0v) is 12.2. The average molecular weight is 311 g/mol. The predicted octanol–water partition coefficient (Wildman–Crippen LogP) is 4.51. The maximum absolute atomic E-state index is 13.8. The summed E-state index contributed by atoms with van der Waals surface area (Å²) in [6.07, 6.45) is 1.41. The molecule has 2 aromatic rings. The van der Waals surface area contributed by atoms with Crippen molar-refractivity contribution < 1.29 is 9.50 Å². The van der Waals surface area contributed by atoms with Crippen LogP contribution in [0.4, 0.5) is 4.39 Å². The van der Waals surface area contributed by atoms with E-state index in [2.05, 4.69) is 0 Å². The van der Waals surface area contributed by atoms with E-state index in [9.17, 15) is 9.50 Å². The van der Waals surface area contributed by atoms with Crippen LogP contribution in [0.1, 0.15) is 23.1 Å². The molecule has 0 fully saturated rings. The minimum Gasteiger partial charge on any atom is -0.385 e. The van der Waals surface area contributed by atoms with Gasteiger partial charge in [0.15, 0.2) is 0 Å². The molecule has 0 amide bonds. The molecule has 0 radical (unpaired) electrons. The first kappa shape index (κ1) is 13.9. The van der Waals surface area contributed by atoms with Gasteiger partial charge in [-0.15, -0.1) is 0 Å². The van der Waals surface area contributed by atoms with Crippen LogP contribution in [0.15, 0.2) is 36.4 Å². The van der Waals surface area contributed by atoms with Crippen LogP contribution < -0.4 is 0 Å². The number of fused-ring (bicyclic) bond motifs is 1. The lowest BCUT2D eigenvalue weighted by Gasteiger charge is -2.24. The van der Waals surface area contributed by atoms with Crippen LogP contribution in [0.2, 0.25) is 10.0 Å². The Kier molecular flexibility index (Phi) is 3.49. The number of benzene rings is 2. The molecule has 1 nitrogen and oxygen atoms in total. The minimum atomic E-state index is -1.06. The highest BCUT2D eigenvalue weighted by atomic mass is 35.5. The van der Waals surface area contributed by atoms with E-state index >= 15 is 0 Å². The van der Waals surface area contributed by atoms with Crippen LogP contribution in [0, 0.1) is 5.82 Å². The van der Waals surface area contributed by atoms with Crippen LogP contribution in [0.3, 0.4) is 0 Å². The van der Waals surface area contributed by atoms with Gasteiger partial charge in [-0.05, 0) is 47.7 Å². The highest BCUT2D eigenvalue weighted by Gasteiger charge is 2.38. The third kappa shape index (κ3) is 2.32. The molecule has 20 heavy (non-hydrogen) atoms. The molecule has 0 bridgehead atoms. The van der Waals surface area contributed by atoms with Gasteiger partial charge in [0.1, 0.15) is 5.82 Å². The molecule has 1 unspecified atom stereocenters. The van der Waals surface area contributed by atoms with Gasteiger partial charge >= 0.3 is 0 Å². The van der Waals surface area contributed by atoms with E-state index in [0.717, 1.165) is 5.56 Å². The molecular weight excluding hydrogens is 298 g/mol. The highest BCUT2D eigenvalue weighted by Crippen LogP contribution is 2.41. The number of hydrogen-bond acceptors (Lipinski definition) is 1. The lowest BCUT2D eigenvalue weighted by molar-refractivity contribution is 0.0389. The molecule has 0 saturated heterocycles. The van der Waals surface area contributed by atoms with Crippen LogP contribution in [0.5, 0.6) is 0 Å². The van der Waals surface area contributed by atoms with E-state index in [1.165, 1.54) is 6.07 Å². The largest absolute Gasteiger partial charge is 0.385 e. The molecule has 1 aliphatic rings. The van der Waals surface area contributed by atoms with Crippen molar-refractivity contribution in [3.63, 3.8) is 0 Å². The molecule has 1 aliphatic carbocycles. The van der Waals surface area contributed by atoms with E-state index < -0.39 is 5.60 Å². The van der Waals surface area contributed by atoms with Crippen molar-refractivity contribution in [2.75, 3.05) is 0 Å². The molecule has 4 heteroatoms. The first-order chi connectivity index (χ1) is 9.49. The van der Waals surface area contributed by atoms with Gasteiger partial charge in [-0.3, -0.25) is 0 Å². The summed E-state index contributed by atoms with van der Waals surface area (Å²) in [6.45, 7) is 0. The van der Waals surface area contributed by atoms with Crippen molar-refractivity contribution in [1.82, 2.24) is 0 Å². The molecule has 0 aromatic heterocycles. The molecule has 104 valence electrons. The van der Waals surface area contributed by atoms with Gasteiger partial charge < -0.3 is 5.11 Å². The summed E-state index contributed by atoms with van der Waals surface area (Å²) in [5, 5.41) is 11.9. The Bertz CT molecular complexity index is 672. The quantitative estimate of drug-likeness (QED) is 0.865. The molecule has 3 rings (SSSR count). The Morgan fingerprint density at radius 3 is 2.75 bits per heavy atom. The third-order valence-corrected chi connectivity index (χ3v) is 4.49. The predicted molar refractivity (Wildman–Crippen MR) is 78.8 cm³/mol. The number of halogens is 3. The molecule has 2 aromatic carbocycles. The molecule has 0 aliphatic heterocycles. The fraction of sp³-hybridized carbons (Fsp3) is 0.250. The van der Waals surface area contributed by atoms with Gasteiger partial charge in [-0.2, -0.15) is 0 Å². The van der Waals surface area contributed by atoms with Gasteiger partial charge in [0, 0.05) is 16.5 Å². The Balaban J connectivity index is 1.98. The summed E-state index contributed by atoms with van der Waals surface area (Å²) >= 11 is 12.0. The average Bonchev–Trinajstić information content (AvgIpc) is 2.73. The van der Waals surface area contributed by atoms with Crippen molar-refractivity contribution in [2.24, 2.45) is 0 Å². The van der Waals surface area contributed by atoms with Gasteiger partial charge in [0.2, 0.25) is 0 Å². The minimum absolute atomic E-state index is 0.249. The van der Waals surface area contributed by atoms with E-state index in [4.69, 9.17) is 23.2 Å². The van der Waals surface area contributed by atoms with E-state index in [1.54, 1.807) is 30.3 Å². The second-order valence-corrected chi connectivity index (χ2v) is 6.05. The van der Waals surface area contributed by atoms with Crippen molar-refractivity contribution in [2.45, 2.75) is 24.9 Å². The normalized spacial score (nSPS) is 21.0. The fourth-order valence-corrected chi connectivity index (χ4v) is 3.35. The van der Waals surface area contributed by atoms with Gasteiger partial charge in [-0.25, -0.2) is 4.39 Å². The summed E-state index contributed by atoms with van der Waals surface area (Å²) in [5.74, 6) is -0.249. The van der Waals surface area contributed by atoms with Crippen molar-refractivity contribution in [3.8, 4) is 0 Å². The number of hydrogen-bond donors (Lipinski definition) is 1. The summed E-state index contributed by atoms with van der Waals surface area (Å²) in [4.78, 5) is 0. The number of aliphatic hydroxyl groups is 1. The molecule has 0 heterocycles. The van der Waals surface area contributed by atoms with Crippen molar-refractivity contribution in [3.05, 3.63) is 69.0 Å². The van der Waals surface area contributed by atoms with Gasteiger partial charge in [-0.1, -0.05) is 41.4 Å². The summed E-state index contributed by atoms with van der Waals surface area (Å²) in [7, 11) is 0. The maximum atomic E-state index is 13.8. The molecular formula is C16H13Cl2FO. The van der Waals surface area contributed by atoms with E-state index in [1.807, 2.05) is 0 Å². The standard InChI is InChI=1S/C16H13Cl2FO/c17-11-5-4-10(14(18)8-11)9-16(20)7-6-12-13(16)2-1-3-15(12)19/h1-5,8,20H,6-7,9H2. The lowest BCUT2D eigenvalue weighted by atomic mass is 9.89. The lowest BCUT2D eigenvalue weighted by Crippen LogP contribution is -2.25. The first-order valence-electron chi connectivity index (χ1n) is 6.44. The zero-order chi connectivity index (χ0) is 14.3. The zero-order valence-electron chi connectivity index (χ0n) is 10.7. The van der Waals surface area contributed by atoms with Crippen LogP contribution >= 0.6 is 23.2 Å². The molecule has 1 N–H and O–H groups in total. The third-order valence-electron chi connectivity index (χ3n) is 3.91. The van der Waals surface area contributed by atoms with E-state index in [0.29, 0.717) is 40.4 Å². The van der Waals surface area contributed by atoms with Crippen LogP contribution in [-0.2, 0) is 18.4 Å². The first-order valence-corrected chi connectivity index (χ1v) is 7.19. The molecule has 0 saturated carbocycles. The highest BCUT2D eigenvalue weighted by molar-refractivity contribution is 6.35. The number of rotatable bonds is 2. The van der Waals surface area contributed by atoms with Gasteiger partial charge in [0.25, 0.3) is 0 Å². The maximum Gasteiger partial charge on any atom is 0.126 e. The Hall–Kier alpha value is -1.09. The van der Waals surface area contributed by atoms with Gasteiger partial charge in [0.05, 0.1) is 5.60 Å². The van der Waals surface area contributed by atoms with E-state index in [-0.39, 0.29) is 5.82 Å². The Labute approximate surface area is 127 Å². The topological polar surface area (TPSA) is 20.2 Å². The van der Waals surface area contributed by atoms with Crippen molar-refractivity contribution >= 4 is 23.2 Å². The summed E-state index contributed by atoms with van der Waals surface area (Å²) in [6, 6.07) is 10.1. The summed E-state index contributed by atoms with van der Waals surface area (Å²) in [5.41, 5.74) is 1.04. The van der Waals surface area contributed by atoms with Crippen LogP contribution in [0.25, 0.3) is 0 Å². The SMILES string of the molecule is OC1(Cc2ccc(Cl)cc2Cl)CCc2c(F)cccc21. The summed E-state index contributed by atoms with van der Waals surface area (Å²) < 4.78 is 13.8. The second kappa shape index (κ2) is 5.03. The Morgan fingerprint density at radius 2 is 2.00 bits per heavy atom. The monoisotopic (exact) mass is 310 g/mol.